The number of allylic oxidation sites excluding steroid dienone is 4. The summed E-state index contributed by atoms with van der Waals surface area (Å²) in [5.74, 6) is 0.149. The van der Waals surface area contributed by atoms with Gasteiger partial charge in [0.1, 0.15) is 0 Å². The minimum absolute atomic E-state index is 0.149. The van der Waals surface area contributed by atoms with Crippen molar-refractivity contribution in [3.8, 4) is 0 Å². The molecule has 0 amide bonds. The fourth-order valence-electron chi connectivity index (χ4n) is 1.93. The van der Waals surface area contributed by atoms with E-state index in [-0.39, 0.29) is 5.78 Å². The topological polar surface area (TPSA) is 17.1 Å². The summed E-state index contributed by atoms with van der Waals surface area (Å²) in [5.41, 5.74) is 3.78. The first kappa shape index (κ1) is 8.95. The van der Waals surface area contributed by atoms with E-state index in [0.29, 0.717) is 0 Å². The molecule has 1 heteroatoms. The SMILES string of the molecule is CC=C1/C(=C\C)C(=O)c2ccccc21. The van der Waals surface area contributed by atoms with Crippen LogP contribution in [0.1, 0.15) is 29.8 Å². The van der Waals surface area contributed by atoms with Crippen LogP contribution in [0.2, 0.25) is 0 Å². The lowest BCUT2D eigenvalue weighted by Crippen LogP contribution is -1.93. The van der Waals surface area contributed by atoms with Crippen molar-refractivity contribution in [2.75, 3.05) is 0 Å². The molecule has 1 aromatic rings. The van der Waals surface area contributed by atoms with Crippen molar-refractivity contribution in [3.63, 3.8) is 0 Å². The highest BCUT2D eigenvalue weighted by molar-refractivity contribution is 6.26. The fraction of sp³-hybridized carbons (Fsp3) is 0.154. The van der Waals surface area contributed by atoms with Crippen LogP contribution in [0, 0.1) is 0 Å². The van der Waals surface area contributed by atoms with Crippen LogP contribution in [0.4, 0.5) is 0 Å². The molecule has 0 radical (unpaired) electrons. The molecule has 1 aromatic carbocycles. The Balaban J connectivity index is 2.73. The molecule has 0 atom stereocenters. The molecule has 1 aliphatic rings. The molecule has 0 unspecified atom stereocenters. The molecule has 0 N–H and O–H groups in total. The molecular formula is C13H12O. The Kier molecular flexibility index (Phi) is 2.08. The van der Waals surface area contributed by atoms with Gasteiger partial charge in [-0.25, -0.2) is 0 Å². The summed E-state index contributed by atoms with van der Waals surface area (Å²) in [6.45, 7) is 3.87. The molecule has 70 valence electrons. The van der Waals surface area contributed by atoms with Gasteiger partial charge >= 0.3 is 0 Å². The van der Waals surface area contributed by atoms with E-state index in [1.807, 2.05) is 50.3 Å². The van der Waals surface area contributed by atoms with Crippen LogP contribution >= 0.6 is 0 Å². The summed E-state index contributed by atoms with van der Waals surface area (Å²) in [6, 6.07) is 7.76. The first-order valence-electron chi connectivity index (χ1n) is 4.76. The maximum Gasteiger partial charge on any atom is 0.193 e. The van der Waals surface area contributed by atoms with Crippen LogP contribution in [0.3, 0.4) is 0 Å². The lowest BCUT2D eigenvalue weighted by atomic mass is 10.1. The summed E-state index contributed by atoms with van der Waals surface area (Å²) in [6.07, 6.45) is 3.89. The molecule has 0 aromatic heterocycles. The zero-order valence-electron chi connectivity index (χ0n) is 8.37. The number of Topliss-reactive ketones (excluding diaryl/α,β-unsaturated/α-hetero) is 1. The van der Waals surface area contributed by atoms with Crippen LogP contribution in [0.25, 0.3) is 5.57 Å². The van der Waals surface area contributed by atoms with Gasteiger partial charge in [-0.2, -0.15) is 0 Å². The number of rotatable bonds is 0. The quantitative estimate of drug-likeness (QED) is 0.566. The van der Waals surface area contributed by atoms with Crippen molar-refractivity contribution >= 4 is 11.4 Å². The molecule has 1 nitrogen and oxygen atoms in total. The highest BCUT2D eigenvalue weighted by atomic mass is 16.1. The molecule has 2 rings (SSSR count). The van der Waals surface area contributed by atoms with Gasteiger partial charge in [0.2, 0.25) is 0 Å². The number of carbonyl (C=O) groups is 1. The number of benzene rings is 1. The molecule has 0 heterocycles. The standard InChI is InChI=1S/C13H12O/c1-3-9-10(4-2)13(14)12-8-6-5-7-11(9)12/h3-8H,1-2H3/b9-3?,10-4+. The third-order valence-electron chi connectivity index (χ3n) is 2.57. The monoisotopic (exact) mass is 184 g/mol. The minimum Gasteiger partial charge on any atom is -0.289 e. The molecule has 1 aliphatic carbocycles. The van der Waals surface area contributed by atoms with Crippen LogP contribution in [-0.2, 0) is 0 Å². The van der Waals surface area contributed by atoms with Crippen LogP contribution in [0.5, 0.6) is 0 Å². The summed E-state index contributed by atoms with van der Waals surface area (Å²) in [4.78, 5) is 11.9. The van der Waals surface area contributed by atoms with Gasteiger partial charge in [-0.3, -0.25) is 4.79 Å². The summed E-state index contributed by atoms with van der Waals surface area (Å²) >= 11 is 0. The number of carbonyl (C=O) groups excluding carboxylic acids is 1. The number of fused-ring (bicyclic) bond motifs is 1. The van der Waals surface area contributed by atoms with Crippen molar-refractivity contribution in [3.05, 3.63) is 53.1 Å². The van der Waals surface area contributed by atoms with E-state index in [1.165, 1.54) is 0 Å². The molecular weight excluding hydrogens is 172 g/mol. The normalized spacial score (nSPS) is 20.6. The molecule has 0 saturated heterocycles. The predicted molar refractivity (Wildman–Crippen MR) is 58.2 cm³/mol. The van der Waals surface area contributed by atoms with Gasteiger partial charge in [0.05, 0.1) is 0 Å². The van der Waals surface area contributed by atoms with Gasteiger partial charge in [0.25, 0.3) is 0 Å². The molecule has 0 saturated carbocycles. The Morgan fingerprint density at radius 2 is 1.50 bits per heavy atom. The van der Waals surface area contributed by atoms with E-state index in [9.17, 15) is 4.79 Å². The second-order valence-electron chi connectivity index (χ2n) is 3.28. The van der Waals surface area contributed by atoms with Gasteiger partial charge in [-0.05, 0) is 25.0 Å². The summed E-state index contributed by atoms with van der Waals surface area (Å²) in [7, 11) is 0. The number of hydrogen-bond acceptors (Lipinski definition) is 1. The van der Waals surface area contributed by atoms with Crippen molar-refractivity contribution in [1.82, 2.24) is 0 Å². The molecule has 0 spiro atoms. The highest BCUT2D eigenvalue weighted by Crippen LogP contribution is 2.35. The van der Waals surface area contributed by atoms with Crippen molar-refractivity contribution in [1.29, 1.82) is 0 Å². The minimum atomic E-state index is 0.149. The number of ketones is 1. The Labute approximate surface area is 83.8 Å². The Hall–Kier alpha value is -1.63. The Bertz CT molecular complexity index is 450. The van der Waals surface area contributed by atoms with Crippen molar-refractivity contribution in [2.24, 2.45) is 0 Å². The summed E-state index contributed by atoms with van der Waals surface area (Å²) in [5, 5.41) is 0. The number of hydrogen-bond donors (Lipinski definition) is 0. The largest absolute Gasteiger partial charge is 0.289 e. The van der Waals surface area contributed by atoms with Crippen LogP contribution in [0.15, 0.2) is 42.0 Å². The second kappa shape index (κ2) is 3.26. The van der Waals surface area contributed by atoms with E-state index in [2.05, 4.69) is 0 Å². The molecule has 0 fully saturated rings. The molecule has 14 heavy (non-hydrogen) atoms. The van der Waals surface area contributed by atoms with Gasteiger partial charge < -0.3 is 0 Å². The smallest absolute Gasteiger partial charge is 0.193 e. The van der Waals surface area contributed by atoms with Gasteiger partial charge in [-0.1, -0.05) is 36.4 Å². The van der Waals surface area contributed by atoms with E-state index in [1.54, 1.807) is 0 Å². The zero-order valence-corrected chi connectivity index (χ0v) is 8.37. The highest BCUT2D eigenvalue weighted by Gasteiger charge is 2.27. The fourth-order valence-corrected chi connectivity index (χ4v) is 1.93. The lowest BCUT2D eigenvalue weighted by molar-refractivity contribution is 0.104. The molecule has 0 bridgehead atoms. The average Bonchev–Trinajstić information content (AvgIpc) is 2.51. The van der Waals surface area contributed by atoms with Crippen LogP contribution < -0.4 is 0 Å². The van der Waals surface area contributed by atoms with E-state index in [4.69, 9.17) is 0 Å². The Morgan fingerprint density at radius 3 is 2.07 bits per heavy atom. The van der Waals surface area contributed by atoms with E-state index in [0.717, 1.165) is 22.3 Å². The third kappa shape index (κ3) is 1.06. The van der Waals surface area contributed by atoms with E-state index < -0.39 is 0 Å². The van der Waals surface area contributed by atoms with E-state index >= 15 is 0 Å². The lowest BCUT2D eigenvalue weighted by Gasteiger charge is -1.97. The predicted octanol–water partition coefficient (Wildman–Crippen LogP) is 3.23. The van der Waals surface area contributed by atoms with Gasteiger partial charge in [-0.15, -0.1) is 0 Å². The van der Waals surface area contributed by atoms with Crippen molar-refractivity contribution in [2.45, 2.75) is 13.8 Å². The first-order chi connectivity index (χ1) is 6.79. The second-order valence-corrected chi connectivity index (χ2v) is 3.28. The maximum atomic E-state index is 11.9. The van der Waals surface area contributed by atoms with Gasteiger partial charge in [0, 0.05) is 11.1 Å². The first-order valence-corrected chi connectivity index (χ1v) is 4.76. The molecule has 0 aliphatic heterocycles. The average molecular weight is 184 g/mol. The van der Waals surface area contributed by atoms with Gasteiger partial charge in [0.15, 0.2) is 5.78 Å². The zero-order chi connectivity index (χ0) is 10.1. The Morgan fingerprint density at radius 1 is 0.929 bits per heavy atom. The summed E-state index contributed by atoms with van der Waals surface area (Å²) < 4.78 is 0. The van der Waals surface area contributed by atoms with Crippen LogP contribution in [-0.4, -0.2) is 5.78 Å². The third-order valence-corrected chi connectivity index (χ3v) is 2.57. The maximum absolute atomic E-state index is 11.9. The van der Waals surface area contributed by atoms with Crippen molar-refractivity contribution < 1.29 is 4.79 Å².